The standard InChI is InChI=1S/C67H131N23O15/c1-6-41(4)54(90-56(94)43(75)22-7-14-30-68)65(103)87-49(27-12-19-35-73)62(100)85-50(28-13-20-36-74)63(101)89-53(40(2)3)64(102)86-48(26-11-18-34-72)61(99)84-47(25-10-17-33-71)60(98)82-44(23-8-15-31-69)57(95)79-38-52(92)81-45(29-21-37-78-67(76)77)59(97)83-46(24-9-16-32-70)58(96)80-42(5)55(93)88-51(39-91)66(104)105/h40-51,53-54,91H,6-39,68-75H2,1-5H3,(H,79,95)(H,80,96)(H,81,92)(H,82,98)(H,83,97)(H,84,99)(H,85,100)(H,86,102)(H,87,103)(H,88,93)(H,89,101)(H,90,94)(H,104,105)(H4,76,77,78)/t41-,42-,43-,44-,45-,46-,47-,48-,49-,50-,51-,53-,54-/m0/s1. The number of nitrogens with two attached hydrogens (primary N) is 10. The molecule has 38 nitrogen and oxygen atoms in total. The quantitative estimate of drug-likeness (QED) is 0.0153. The van der Waals surface area contributed by atoms with E-state index < -0.39 is 168 Å². The van der Waals surface area contributed by atoms with Crippen LogP contribution in [0, 0.1) is 11.8 Å². The first-order valence-corrected chi connectivity index (χ1v) is 37.1. The number of aliphatic hydroxyl groups excluding tert-OH is 1. The van der Waals surface area contributed by atoms with Crippen LogP contribution in [0.5, 0.6) is 0 Å². The minimum absolute atomic E-state index is 0.00113. The number of unbranched alkanes of at least 4 members (excludes halogenated alkanes) is 7. The Morgan fingerprint density at radius 2 is 0.657 bits per heavy atom. The number of hydrogen-bond donors (Lipinski definition) is 24. The summed E-state index contributed by atoms with van der Waals surface area (Å²) in [4.78, 5) is 183. The highest BCUT2D eigenvalue weighted by Gasteiger charge is 2.37. The Morgan fingerprint density at radius 1 is 0.352 bits per heavy atom. The predicted octanol–water partition coefficient (Wildman–Crippen LogP) is -6.48. The zero-order chi connectivity index (χ0) is 79.4. The lowest BCUT2D eigenvalue weighted by atomic mass is 9.96. The Balaban J connectivity index is 7.00. The minimum atomic E-state index is -1.66. The number of aliphatic hydroxyl groups is 1. The Morgan fingerprint density at radius 3 is 1.00 bits per heavy atom. The molecular formula is C67H131N23O15. The van der Waals surface area contributed by atoms with E-state index >= 15 is 0 Å². The van der Waals surface area contributed by atoms with Crippen LogP contribution in [-0.2, 0) is 62.3 Å². The average molecular weight is 1500 g/mol. The molecule has 105 heavy (non-hydrogen) atoms. The molecule has 0 bridgehead atoms. The van der Waals surface area contributed by atoms with Crippen molar-refractivity contribution in [1.29, 1.82) is 0 Å². The molecule has 0 aromatic rings. The molecule has 0 spiro atoms. The largest absolute Gasteiger partial charge is 0.480 e. The maximum atomic E-state index is 14.6. The lowest BCUT2D eigenvalue weighted by Gasteiger charge is -2.30. The smallest absolute Gasteiger partial charge is 0.328 e. The van der Waals surface area contributed by atoms with Gasteiger partial charge in [-0.15, -0.1) is 0 Å². The number of carbonyl (C=O) groups excluding carboxylic acids is 12. The summed E-state index contributed by atoms with van der Waals surface area (Å²) in [6.07, 6.45) is 7.00. The van der Waals surface area contributed by atoms with Crippen LogP contribution in [0.2, 0.25) is 0 Å². The molecule has 0 saturated carbocycles. The first-order valence-electron chi connectivity index (χ1n) is 37.1. The second kappa shape index (κ2) is 57.3. The van der Waals surface area contributed by atoms with Gasteiger partial charge in [-0.05, 0) is 206 Å². The van der Waals surface area contributed by atoms with Crippen molar-refractivity contribution in [2.24, 2.45) is 74.2 Å². The normalized spacial score (nSPS) is 14.9. The Hall–Kier alpha value is -7.98. The van der Waals surface area contributed by atoms with Crippen molar-refractivity contribution >= 4 is 82.8 Å². The number of carbonyl (C=O) groups is 13. The van der Waals surface area contributed by atoms with Gasteiger partial charge in [0, 0.05) is 6.54 Å². The third-order valence-electron chi connectivity index (χ3n) is 17.4. The van der Waals surface area contributed by atoms with Gasteiger partial charge in [0.25, 0.3) is 0 Å². The third-order valence-corrected chi connectivity index (χ3v) is 17.4. The summed E-state index contributed by atoms with van der Waals surface area (Å²) >= 11 is 0. The van der Waals surface area contributed by atoms with E-state index in [4.69, 9.17) is 57.3 Å². The molecule has 0 fully saturated rings. The molecule has 0 heterocycles. The van der Waals surface area contributed by atoms with Crippen LogP contribution < -0.4 is 121 Å². The molecule has 0 aliphatic heterocycles. The molecule has 0 aromatic carbocycles. The van der Waals surface area contributed by atoms with Gasteiger partial charge in [0.2, 0.25) is 70.9 Å². The Kier molecular flexibility index (Phi) is 52.9. The zero-order valence-electron chi connectivity index (χ0n) is 62.5. The van der Waals surface area contributed by atoms with Gasteiger partial charge in [0.1, 0.15) is 66.5 Å². The topological polar surface area (TPSA) is 679 Å². The summed E-state index contributed by atoms with van der Waals surface area (Å²) in [5, 5.41) is 50.1. The number of aliphatic carboxylic acids is 1. The molecule has 0 saturated heterocycles. The molecule has 0 aliphatic rings. The number of rotatable bonds is 61. The van der Waals surface area contributed by atoms with Crippen molar-refractivity contribution in [3.63, 3.8) is 0 Å². The molecule has 604 valence electrons. The molecule has 0 aliphatic carbocycles. The lowest BCUT2D eigenvalue weighted by Crippen LogP contribution is -2.61. The van der Waals surface area contributed by atoms with Crippen molar-refractivity contribution in [2.75, 3.05) is 65.5 Å². The molecule has 0 radical (unpaired) electrons. The van der Waals surface area contributed by atoms with E-state index in [0.29, 0.717) is 116 Å². The molecule has 34 N–H and O–H groups in total. The van der Waals surface area contributed by atoms with Crippen LogP contribution in [0.3, 0.4) is 0 Å². The SMILES string of the molecule is CC[C@H](C)[C@H](NC(=O)[C@@H](N)CCCCN)C(=O)N[C@@H](CCCCN)C(=O)N[C@@H](CCCCN)C(=O)N[C@H](C(=O)N[C@@H](CCCCN)C(=O)N[C@@H](CCCCN)C(=O)N[C@@H](CCCCN)C(=O)NCC(=O)N[C@@H](CCCN=C(N)N)C(=O)N[C@@H](CCCCN)C(=O)N[C@@H](C)C(=O)N[C@@H](CO)C(=O)O)C(C)C. The number of nitrogens with one attached hydrogen (secondary N) is 12. The maximum absolute atomic E-state index is 14.6. The lowest BCUT2D eigenvalue weighted by molar-refractivity contribution is -0.143. The molecule has 0 rings (SSSR count). The number of carboxylic acid groups (broad SMARTS) is 1. The van der Waals surface area contributed by atoms with Gasteiger partial charge in [-0.2, -0.15) is 0 Å². The van der Waals surface area contributed by atoms with Crippen molar-refractivity contribution in [3.05, 3.63) is 0 Å². The van der Waals surface area contributed by atoms with Crippen LogP contribution in [0.15, 0.2) is 4.99 Å². The molecule has 38 heteroatoms. The average Bonchev–Trinajstić information content (AvgIpc) is 0.858. The second-order valence-electron chi connectivity index (χ2n) is 26.7. The van der Waals surface area contributed by atoms with Gasteiger partial charge in [0.15, 0.2) is 5.96 Å². The Labute approximate surface area is 617 Å². The predicted molar refractivity (Wildman–Crippen MR) is 397 cm³/mol. The maximum Gasteiger partial charge on any atom is 0.328 e. The van der Waals surface area contributed by atoms with E-state index in [0.717, 1.165) is 0 Å². The first kappa shape index (κ1) is 97.0. The molecule has 13 atom stereocenters. The van der Waals surface area contributed by atoms with Crippen LogP contribution >= 0.6 is 0 Å². The van der Waals surface area contributed by atoms with Crippen LogP contribution in [0.4, 0.5) is 0 Å². The van der Waals surface area contributed by atoms with Gasteiger partial charge >= 0.3 is 5.97 Å². The summed E-state index contributed by atoms with van der Waals surface area (Å²) in [6.45, 7) is 8.40. The van der Waals surface area contributed by atoms with Crippen LogP contribution in [0.25, 0.3) is 0 Å². The molecule has 0 unspecified atom stereocenters. The summed E-state index contributed by atoms with van der Waals surface area (Å²) < 4.78 is 0. The summed E-state index contributed by atoms with van der Waals surface area (Å²) in [5.41, 5.74) is 57.7. The van der Waals surface area contributed by atoms with E-state index in [-0.39, 0.29) is 103 Å². The highest BCUT2D eigenvalue weighted by atomic mass is 16.4. The van der Waals surface area contributed by atoms with Gasteiger partial charge in [-0.3, -0.25) is 62.5 Å². The number of hydrogen-bond acceptors (Lipinski definition) is 23. The van der Waals surface area contributed by atoms with E-state index in [9.17, 15) is 72.5 Å². The minimum Gasteiger partial charge on any atom is -0.480 e. The van der Waals surface area contributed by atoms with E-state index in [1.54, 1.807) is 20.8 Å². The highest BCUT2D eigenvalue weighted by Crippen LogP contribution is 2.15. The van der Waals surface area contributed by atoms with Crippen LogP contribution in [0.1, 0.15) is 189 Å². The number of nitrogens with zero attached hydrogens (tertiary/aromatic N) is 1. The molecule has 0 aromatic heterocycles. The number of aliphatic imine (C=N–C) groups is 1. The number of guanidine groups is 1. The van der Waals surface area contributed by atoms with Gasteiger partial charge in [-0.25, -0.2) is 4.79 Å². The van der Waals surface area contributed by atoms with Crippen molar-refractivity contribution < 1.29 is 72.5 Å². The summed E-state index contributed by atoms with van der Waals surface area (Å²) in [6, 6.07) is -15.4. The van der Waals surface area contributed by atoms with Crippen LogP contribution in [-0.4, -0.2) is 231 Å². The van der Waals surface area contributed by atoms with Gasteiger partial charge in [0.05, 0.1) is 19.2 Å². The second-order valence-corrected chi connectivity index (χ2v) is 26.7. The molecular weight excluding hydrogens is 1370 g/mol. The monoisotopic (exact) mass is 1500 g/mol. The van der Waals surface area contributed by atoms with Crippen molar-refractivity contribution in [3.8, 4) is 0 Å². The number of amides is 12. The summed E-state index contributed by atoms with van der Waals surface area (Å²) in [7, 11) is 0. The fraction of sp³-hybridized carbons (Fsp3) is 0.791. The Bertz CT molecular complexity index is 2660. The van der Waals surface area contributed by atoms with E-state index in [2.05, 4.69) is 68.8 Å². The molecule has 12 amide bonds. The summed E-state index contributed by atoms with van der Waals surface area (Å²) in [5.74, 6) is -12.2. The van der Waals surface area contributed by atoms with Crippen molar-refractivity contribution in [1.82, 2.24) is 63.8 Å². The van der Waals surface area contributed by atoms with Crippen molar-refractivity contribution in [2.45, 2.75) is 261 Å². The van der Waals surface area contributed by atoms with E-state index in [1.165, 1.54) is 6.92 Å². The number of carboxylic acids is 1. The third kappa shape index (κ3) is 41.5. The zero-order valence-corrected chi connectivity index (χ0v) is 62.5. The van der Waals surface area contributed by atoms with E-state index in [1.807, 2.05) is 6.92 Å². The fourth-order valence-electron chi connectivity index (χ4n) is 10.7. The van der Waals surface area contributed by atoms with Gasteiger partial charge < -0.3 is 131 Å². The highest BCUT2D eigenvalue weighted by molar-refractivity contribution is 5.99. The first-order chi connectivity index (χ1) is 49.9. The fourth-order valence-corrected chi connectivity index (χ4v) is 10.7. The van der Waals surface area contributed by atoms with Gasteiger partial charge in [-0.1, -0.05) is 40.5 Å².